The number of ether oxygens (including phenoxy) is 1. The second-order valence-electron chi connectivity index (χ2n) is 5.31. The second kappa shape index (κ2) is 7.33. The summed E-state index contributed by atoms with van der Waals surface area (Å²) < 4.78 is 12.2. The van der Waals surface area contributed by atoms with E-state index < -0.39 is 5.97 Å². The molecule has 0 bridgehead atoms. The van der Waals surface area contributed by atoms with E-state index in [1.54, 1.807) is 13.0 Å². The van der Waals surface area contributed by atoms with Crippen LogP contribution in [0.5, 0.6) is 0 Å². The number of aryl methyl sites for hydroxylation is 1. The Kier molecular flexibility index (Phi) is 5.15. The minimum absolute atomic E-state index is 0.405. The van der Waals surface area contributed by atoms with Crippen molar-refractivity contribution in [3.63, 3.8) is 0 Å². The highest BCUT2D eigenvalue weighted by atomic mass is 35.5. The molecule has 0 unspecified atom stereocenters. The van der Waals surface area contributed by atoms with Gasteiger partial charge < -0.3 is 13.7 Å². The predicted octanol–water partition coefficient (Wildman–Crippen LogP) is 4.12. The van der Waals surface area contributed by atoms with E-state index in [1.165, 1.54) is 18.9 Å². The summed E-state index contributed by atoms with van der Waals surface area (Å²) in [5, 5.41) is 9.79. The molecule has 0 aliphatic carbocycles. The van der Waals surface area contributed by atoms with Crippen LogP contribution in [0.15, 0.2) is 39.9 Å². The van der Waals surface area contributed by atoms with Crippen LogP contribution >= 0.6 is 23.4 Å². The highest BCUT2D eigenvalue weighted by Crippen LogP contribution is 2.30. The van der Waals surface area contributed by atoms with Gasteiger partial charge >= 0.3 is 5.97 Å². The SMILES string of the molecule is COC(=O)c1cc(CSc2nnc(-c3ccccc3Cl)n2C)oc1C. The Morgan fingerprint density at radius 2 is 2.12 bits per heavy atom. The first kappa shape index (κ1) is 17.6. The van der Waals surface area contributed by atoms with Crippen LogP contribution in [0.25, 0.3) is 11.4 Å². The fourth-order valence-corrected chi connectivity index (χ4v) is 3.39. The van der Waals surface area contributed by atoms with Gasteiger partial charge in [-0.2, -0.15) is 0 Å². The molecule has 0 N–H and O–H groups in total. The Hall–Kier alpha value is -2.25. The van der Waals surface area contributed by atoms with E-state index in [1.807, 2.05) is 35.9 Å². The summed E-state index contributed by atoms with van der Waals surface area (Å²) in [5.41, 5.74) is 1.26. The average Bonchev–Trinajstić information content (AvgIpc) is 3.15. The highest BCUT2D eigenvalue weighted by molar-refractivity contribution is 7.98. The third kappa shape index (κ3) is 3.57. The molecule has 0 spiro atoms. The van der Waals surface area contributed by atoms with Gasteiger partial charge in [-0.05, 0) is 25.1 Å². The summed E-state index contributed by atoms with van der Waals surface area (Å²) >= 11 is 7.69. The molecular weight excluding hydrogens is 362 g/mol. The molecule has 2 heterocycles. The minimum Gasteiger partial charge on any atom is -0.465 e. The quantitative estimate of drug-likeness (QED) is 0.492. The Morgan fingerprint density at radius 1 is 1.36 bits per heavy atom. The van der Waals surface area contributed by atoms with E-state index in [2.05, 4.69) is 10.2 Å². The molecule has 3 aromatic rings. The largest absolute Gasteiger partial charge is 0.465 e. The van der Waals surface area contributed by atoms with Crippen LogP contribution in [-0.2, 0) is 17.5 Å². The molecule has 3 rings (SSSR count). The van der Waals surface area contributed by atoms with Crippen molar-refractivity contribution in [2.75, 3.05) is 7.11 Å². The van der Waals surface area contributed by atoms with Gasteiger partial charge in [0.15, 0.2) is 11.0 Å². The number of methoxy groups -OCH3 is 1. The Balaban J connectivity index is 1.77. The smallest absolute Gasteiger partial charge is 0.341 e. The fraction of sp³-hybridized carbons (Fsp3) is 0.235. The average molecular weight is 378 g/mol. The van der Waals surface area contributed by atoms with E-state index in [0.717, 1.165) is 10.7 Å². The number of hydrogen-bond donors (Lipinski definition) is 0. The van der Waals surface area contributed by atoms with E-state index in [-0.39, 0.29) is 0 Å². The minimum atomic E-state index is -0.405. The molecule has 0 aliphatic heterocycles. The Bertz CT molecular complexity index is 920. The monoisotopic (exact) mass is 377 g/mol. The third-order valence-corrected chi connectivity index (χ3v) is 5.04. The first-order chi connectivity index (χ1) is 12.0. The van der Waals surface area contributed by atoms with Gasteiger partial charge in [-0.1, -0.05) is 35.5 Å². The number of thioether (sulfide) groups is 1. The molecule has 0 amide bonds. The van der Waals surface area contributed by atoms with Crippen molar-refractivity contribution in [1.82, 2.24) is 14.8 Å². The van der Waals surface area contributed by atoms with Crippen molar-refractivity contribution in [1.29, 1.82) is 0 Å². The number of hydrogen-bond acceptors (Lipinski definition) is 6. The van der Waals surface area contributed by atoms with Crippen LogP contribution in [0.4, 0.5) is 0 Å². The number of furan rings is 1. The maximum atomic E-state index is 11.6. The van der Waals surface area contributed by atoms with E-state index in [9.17, 15) is 4.79 Å². The first-order valence-corrected chi connectivity index (χ1v) is 8.82. The summed E-state index contributed by atoms with van der Waals surface area (Å²) in [5.74, 6) is 2.02. The number of halogens is 1. The zero-order valence-corrected chi connectivity index (χ0v) is 15.5. The number of nitrogens with zero attached hydrogens (tertiary/aromatic N) is 3. The van der Waals surface area contributed by atoms with Gasteiger partial charge in [0.1, 0.15) is 17.1 Å². The normalized spacial score (nSPS) is 10.9. The molecule has 0 fully saturated rings. The van der Waals surface area contributed by atoms with Crippen molar-refractivity contribution in [2.45, 2.75) is 17.8 Å². The van der Waals surface area contributed by atoms with Crippen LogP contribution < -0.4 is 0 Å². The van der Waals surface area contributed by atoms with E-state index >= 15 is 0 Å². The summed E-state index contributed by atoms with van der Waals surface area (Å²) in [6.45, 7) is 1.73. The lowest BCUT2D eigenvalue weighted by Crippen LogP contribution is -2.00. The molecule has 0 aliphatic rings. The maximum absolute atomic E-state index is 11.6. The summed E-state index contributed by atoms with van der Waals surface area (Å²) in [6.07, 6.45) is 0. The maximum Gasteiger partial charge on any atom is 0.341 e. The summed E-state index contributed by atoms with van der Waals surface area (Å²) in [4.78, 5) is 11.6. The fourth-order valence-electron chi connectivity index (χ4n) is 2.38. The zero-order valence-electron chi connectivity index (χ0n) is 13.9. The van der Waals surface area contributed by atoms with Crippen molar-refractivity contribution in [2.24, 2.45) is 7.05 Å². The number of rotatable bonds is 5. The van der Waals surface area contributed by atoms with Gasteiger partial charge in [0, 0.05) is 12.6 Å². The molecular formula is C17H16ClN3O3S. The summed E-state index contributed by atoms with van der Waals surface area (Å²) in [7, 11) is 3.23. The molecule has 0 saturated carbocycles. The lowest BCUT2D eigenvalue weighted by molar-refractivity contribution is 0.0599. The molecule has 6 nitrogen and oxygen atoms in total. The van der Waals surface area contributed by atoms with Crippen LogP contribution in [0.3, 0.4) is 0 Å². The lowest BCUT2D eigenvalue weighted by Gasteiger charge is -2.04. The van der Waals surface area contributed by atoms with Crippen molar-refractivity contribution >= 4 is 29.3 Å². The molecule has 8 heteroatoms. The predicted molar refractivity (Wildman–Crippen MR) is 95.8 cm³/mol. The molecule has 0 atom stereocenters. The number of benzene rings is 1. The number of carbonyl (C=O) groups is 1. The van der Waals surface area contributed by atoms with E-state index in [0.29, 0.717) is 33.7 Å². The van der Waals surface area contributed by atoms with Crippen molar-refractivity contribution in [3.8, 4) is 11.4 Å². The lowest BCUT2D eigenvalue weighted by atomic mass is 10.2. The molecule has 2 aromatic heterocycles. The standard InChI is InChI=1S/C17H16ClN3O3S/c1-10-13(16(22)23-3)8-11(24-10)9-25-17-20-19-15(21(17)2)12-6-4-5-7-14(12)18/h4-8H,9H2,1-3H3. The second-order valence-corrected chi connectivity index (χ2v) is 6.66. The van der Waals surface area contributed by atoms with Crippen LogP contribution in [0, 0.1) is 6.92 Å². The first-order valence-electron chi connectivity index (χ1n) is 7.46. The van der Waals surface area contributed by atoms with Crippen LogP contribution in [0.2, 0.25) is 5.02 Å². The Morgan fingerprint density at radius 3 is 2.84 bits per heavy atom. The number of carbonyl (C=O) groups excluding carboxylic acids is 1. The van der Waals surface area contributed by atoms with Gasteiger partial charge in [0.25, 0.3) is 0 Å². The molecule has 0 radical (unpaired) electrons. The molecule has 130 valence electrons. The van der Waals surface area contributed by atoms with Crippen LogP contribution in [-0.4, -0.2) is 27.8 Å². The van der Waals surface area contributed by atoms with Gasteiger partial charge in [0.2, 0.25) is 0 Å². The third-order valence-electron chi connectivity index (χ3n) is 3.67. The van der Waals surface area contributed by atoms with Gasteiger partial charge in [-0.15, -0.1) is 10.2 Å². The number of esters is 1. The molecule has 25 heavy (non-hydrogen) atoms. The molecule has 0 saturated heterocycles. The molecule has 1 aromatic carbocycles. The summed E-state index contributed by atoms with van der Waals surface area (Å²) in [6, 6.07) is 9.19. The van der Waals surface area contributed by atoms with Gasteiger partial charge in [-0.25, -0.2) is 4.79 Å². The van der Waals surface area contributed by atoms with Crippen molar-refractivity contribution < 1.29 is 13.9 Å². The van der Waals surface area contributed by atoms with Gasteiger partial charge in [0.05, 0.1) is 17.9 Å². The number of aromatic nitrogens is 3. The Labute approximate surface area is 154 Å². The van der Waals surface area contributed by atoms with Crippen LogP contribution in [0.1, 0.15) is 21.9 Å². The van der Waals surface area contributed by atoms with E-state index in [4.69, 9.17) is 20.8 Å². The van der Waals surface area contributed by atoms with Gasteiger partial charge in [-0.3, -0.25) is 0 Å². The zero-order chi connectivity index (χ0) is 18.0. The topological polar surface area (TPSA) is 70.2 Å². The highest BCUT2D eigenvalue weighted by Gasteiger charge is 2.17. The van der Waals surface area contributed by atoms with Crippen molar-refractivity contribution in [3.05, 3.63) is 52.4 Å².